The second-order valence-electron chi connectivity index (χ2n) is 14.2. The number of alkyl carbamates (subject to hydrolysis) is 1. The molecule has 0 aromatic heterocycles. The van der Waals surface area contributed by atoms with Crippen molar-refractivity contribution >= 4 is 35.5 Å². The van der Waals surface area contributed by atoms with Crippen molar-refractivity contribution in [3.05, 3.63) is 149 Å². The molecule has 0 spiro atoms. The SMILES string of the molecule is CC(=O)c1ccc(N(CC(=O)NCCCC[C@H](NC(=O)OCC2c3ccccc3-c3ccccc32)C(=O)O)C(=O)OCC2c3ccccc3-c3ccccc32)cc1. The largest absolute Gasteiger partial charge is 0.480 e. The molecule has 57 heavy (non-hydrogen) atoms. The quantitative estimate of drug-likeness (QED) is 0.0719. The van der Waals surface area contributed by atoms with Crippen molar-refractivity contribution in [2.75, 3.05) is 31.2 Å². The maximum Gasteiger partial charge on any atom is 0.414 e. The molecule has 11 heteroatoms. The molecule has 0 saturated carbocycles. The number of benzene rings is 5. The molecule has 1 atom stereocenters. The van der Waals surface area contributed by atoms with Gasteiger partial charge in [0.15, 0.2) is 5.78 Å². The summed E-state index contributed by atoms with van der Waals surface area (Å²) in [6, 6.07) is 37.1. The third-order valence-corrected chi connectivity index (χ3v) is 10.6. The van der Waals surface area contributed by atoms with Crippen molar-refractivity contribution in [1.82, 2.24) is 10.6 Å². The van der Waals surface area contributed by atoms with Crippen molar-refractivity contribution < 1.29 is 38.6 Å². The van der Waals surface area contributed by atoms with E-state index in [1.54, 1.807) is 24.3 Å². The maximum atomic E-state index is 13.7. The number of carboxylic acids is 1. The average molecular weight is 766 g/mol. The van der Waals surface area contributed by atoms with Gasteiger partial charge in [0, 0.05) is 29.6 Å². The van der Waals surface area contributed by atoms with E-state index in [1.165, 1.54) is 11.8 Å². The highest BCUT2D eigenvalue weighted by molar-refractivity contribution is 5.97. The second-order valence-corrected chi connectivity index (χ2v) is 14.2. The van der Waals surface area contributed by atoms with Gasteiger partial charge in [-0.25, -0.2) is 14.4 Å². The normalized spacial score (nSPS) is 13.0. The number of Topliss-reactive ketones (excluding diaryl/α,β-unsaturated/α-hetero) is 1. The summed E-state index contributed by atoms with van der Waals surface area (Å²) in [6.07, 6.45) is -0.624. The smallest absolute Gasteiger partial charge is 0.414 e. The first kappa shape index (κ1) is 38.5. The van der Waals surface area contributed by atoms with Crippen LogP contribution in [-0.4, -0.2) is 67.3 Å². The Hall–Kier alpha value is -6.75. The zero-order valence-corrected chi connectivity index (χ0v) is 31.5. The van der Waals surface area contributed by atoms with Crippen LogP contribution < -0.4 is 15.5 Å². The lowest BCUT2D eigenvalue weighted by atomic mass is 9.98. The van der Waals surface area contributed by atoms with Gasteiger partial charge in [0.1, 0.15) is 25.8 Å². The fourth-order valence-electron chi connectivity index (χ4n) is 7.75. The number of carbonyl (C=O) groups is 5. The van der Waals surface area contributed by atoms with Gasteiger partial charge in [0.2, 0.25) is 5.91 Å². The summed E-state index contributed by atoms with van der Waals surface area (Å²) in [6.45, 7) is 1.43. The Kier molecular flexibility index (Phi) is 11.7. The standard InChI is InChI=1S/C46H43N3O8/c1-29(50)30-21-23-31(24-22-30)49(46(55)57-28-41-38-18-8-4-14-34(38)35-15-5-9-19-39(35)41)26-43(51)47-25-11-10-20-42(44(52)53)48-45(54)56-27-40-36-16-6-2-12-32(36)33-13-3-7-17-37(33)40/h2-9,12-19,21-24,40-42H,10-11,20,25-28H2,1H3,(H,47,51)(H,48,54)(H,52,53)/t42-/m0/s1. The summed E-state index contributed by atoms with van der Waals surface area (Å²) in [5, 5.41) is 15.1. The van der Waals surface area contributed by atoms with Crippen LogP contribution >= 0.6 is 0 Å². The summed E-state index contributed by atoms with van der Waals surface area (Å²) in [7, 11) is 0. The first-order chi connectivity index (χ1) is 27.7. The van der Waals surface area contributed by atoms with E-state index in [-0.39, 0.29) is 50.3 Å². The third kappa shape index (κ3) is 8.57. The van der Waals surface area contributed by atoms with E-state index in [2.05, 4.69) is 10.6 Å². The summed E-state index contributed by atoms with van der Waals surface area (Å²) >= 11 is 0. The zero-order chi connectivity index (χ0) is 39.9. The van der Waals surface area contributed by atoms with Crippen LogP contribution in [0.25, 0.3) is 22.3 Å². The summed E-state index contributed by atoms with van der Waals surface area (Å²) in [5.74, 6) is -2.11. The molecular formula is C46H43N3O8. The van der Waals surface area contributed by atoms with Crippen LogP contribution in [0.4, 0.5) is 15.3 Å². The molecule has 2 aliphatic rings. The number of aliphatic carboxylic acids is 1. The number of ketones is 1. The molecule has 0 bridgehead atoms. The molecule has 0 unspecified atom stereocenters. The minimum absolute atomic E-state index is 0.0608. The maximum absolute atomic E-state index is 13.7. The Morgan fingerprint density at radius 2 is 1.12 bits per heavy atom. The van der Waals surface area contributed by atoms with Crippen LogP contribution in [0.2, 0.25) is 0 Å². The molecule has 0 heterocycles. The number of unbranched alkanes of at least 4 members (excludes halogenated alkanes) is 1. The monoisotopic (exact) mass is 765 g/mol. The first-order valence-corrected chi connectivity index (χ1v) is 19.0. The van der Waals surface area contributed by atoms with Crippen LogP contribution in [0.5, 0.6) is 0 Å². The fourth-order valence-corrected chi connectivity index (χ4v) is 7.75. The molecule has 0 aliphatic heterocycles. The number of hydrogen-bond donors (Lipinski definition) is 3. The number of hydrogen-bond acceptors (Lipinski definition) is 7. The predicted molar refractivity (Wildman–Crippen MR) is 215 cm³/mol. The van der Waals surface area contributed by atoms with Gasteiger partial charge >= 0.3 is 18.2 Å². The van der Waals surface area contributed by atoms with Crippen LogP contribution in [0.3, 0.4) is 0 Å². The van der Waals surface area contributed by atoms with Crippen molar-refractivity contribution in [3.8, 4) is 22.3 Å². The van der Waals surface area contributed by atoms with Gasteiger partial charge in [-0.05, 0) is 95.0 Å². The number of nitrogens with zero attached hydrogens (tertiary/aromatic N) is 1. The van der Waals surface area contributed by atoms with Crippen molar-refractivity contribution in [2.24, 2.45) is 0 Å². The number of ether oxygens (including phenoxy) is 2. The van der Waals surface area contributed by atoms with E-state index in [9.17, 15) is 29.1 Å². The summed E-state index contributed by atoms with van der Waals surface area (Å²) in [4.78, 5) is 64.8. The lowest BCUT2D eigenvalue weighted by Gasteiger charge is -2.23. The van der Waals surface area contributed by atoms with E-state index < -0.39 is 30.1 Å². The van der Waals surface area contributed by atoms with Gasteiger partial charge in [-0.3, -0.25) is 14.5 Å². The molecule has 2 aliphatic carbocycles. The van der Waals surface area contributed by atoms with Gasteiger partial charge in [-0.1, -0.05) is 97.1 Å². The minimum Gasteiger partial charge on any atom is -0.480 e. The van der Waals surface area contributed by atoms with Gasteiger partial charge in [-0.2, -0.15) is 0 Å². The molecular weight excluding hydrogens is 723 g/mol. The average Bonchev–Trinajstić information content (AvgIpc) is 3.72. The Bertz CT molecular complexity index is 2210. The number of rotatable bonds is 15. The topological polar surface area (TPSA) is 151 Å². The zero-order valence-electron chi connectivity index (χ0n) is 31.5. The summed E-state index contributed by atoms with van der Waals surface area (Å²) < 4.78 is 11.4. The number of nitrogens with one attached hydrogen (secondary N) is 2. The molecule has 5 aromatic rings. The molecule has 7 rings (SSSR count). The van der Waals surface area contributed by atoms with E-state index >= 15 is 0 Å². The number of anilines is 1. The van der Waals surface area contributed by atoms with Gasteiger partial charge < -0.3 is 25.2 Å². The number of amides is 3. The first-order valence-electron chi connectivity index (χ1n) is 19.0. The summed E-state index contributed by atoms with van der Waals surface area (Å²) in [5.41, 5.74) is 9.42. The van der Waals surface area contributed by atoms with E-state index in [0.717, 1.165) is 44.5 Å². The van der Waals surface area contributed by atoms with E-state index in [1.807, 2.05) is 97.1 Å². The van der Waals surface area contributed by atoms with Crippen molar-refractivity contribution in [1.29, 1.82) is 0 Å². The molecule has 5 aromatic carbocycles. The lowest BCUT2D eigenvalue weighted by molar-refractivity contribution is -0.139. The van der Waals surface area contributed by atoms with Crippen molar-refractivity contribution in [2.45, 2.75) is 44.1 Å². The van der Waals surface area contributed by atoms with E-state index in [0.29, 0.717) is 24.1 Å². The number of fused-ring (bicyclic) bond motifs is 6. The van der Waals surface area contributed by atoms with Crippen LogP contribution in [0, 0.1) is 0 Å². The highest BCUT2D eigenvalue weighted by atomic mass is 16.6. The van der Waals surface area contributed by atoms with E-state index in [4.69, 9.17) is 9.47 Å². The molecule has 0 fully saturated rings. The predicted octanol–water partition coefficient (Wildman–Crippen LogP) is 7.92. The van der Waals surface area contributed by atoms with Crippen LogP contribution in [0.1, 0.15) is 70.6 Å². The number of carboxylic acid groups (broad SMARTS) is 1. The minimum atomic E-state index is -1.19. The van der Waals surface area contributed by atoms with Crippen LogP contribution in [-0.2, 0) is 19.1 Å². The highest BCUT2D eigenvalue weighted by Crippen LogP contribution is 2.45. The second kappa shape index (κ2) is 17.4. The van der Waals surface area contributed by atoms with Crippen molar-refractivity contribution in [3.63, 3.8) is 0 Å². The Morgan fingerprint density at radius 1 is 0.649 bits per heavy atom. The van der Waals surface area contributed by atoms with Crippen LogP contribution in [0.15, 0.2) is 121 Å². The van der Waals surface area contributed by atoms with Gasteiger partial charge in [0.25, 0.3) is 0 Å². The van der Waals surface area contributed by atoms with Gasteiger partial charge in [-0.15, -0.1) is 0 Å². The third-order valence-electron chi connectivity index (χ3n) is 10.6. The Balaban J connectivity index is 0.904. The molecule has 3 N–H and O–H groups in total. The molecule has 0 saturated heterocycles. The molecule has 290 valence electrons. The lowest BCUT2D eigenvalue weighted by Crippen LogP contribution is -2.42. The molecule has 11 nitrogen and oxygen atoms in total. The highest BCUT2D eigenvalue weighted by Gasteiger charge is 2.32. The number of carbonyl (C=O) groups excluding carboxylic acids is 4. The molecule has 3 amide bonds. The molecule has 0 radical (unpaired) electrons. The van der Waals surface area contributed by atoms with Gasteiger partial charge in [0.05, 0.1) is 0 Å². The Morgan fingerprint density at radius 3 is 1.60 bits per heavy atom. The fraction of sp³-hybridized carbons (Fsp3) is 0.239. The Labute approximate surface area is 330 Å².